The van der Waals surface area contributed by atoms with E-state index in [9.17, 15) is 19.8 Å². The maximum Gasteiger partial charge on any atom is 0.457 e. The fourth-order valence-corrected chi connectivity index (χ4v) is 4.90. The molecule has 2 saturated heterocycles. The van der Waals surface area contributed by atoms with Crippen molar-refractivity contribution in [2.45, 2.75) is 96.7 Å². The number of carboxylic acid groups (broad SMARTS) is 1. The highest BCUT2D eigenvalue weighted by Crippen LogP contribution is 2.46. The molecule has 1 aromatic carbocycles. The maximum atomic E-state index is 12.9. The number of carbonyl (C=O) groups excluding carboxylic acids is 1. The van der Waals surface area contributed by atoms with E-state index >= 15 is 0 Å². The summed E-state index contributed by atoms with van der Waals surface area (Å²) in [5.74, 6) is -1.16. The number of aliphatic hydroxyl groups excluding tert-OH is 1. The standard InChI is InChI=1S/C24H36BNO7/c1-16-19(27)24(6,13-10-14-25-32-22(2,3)23(4,5)33-25)18(20(28)29)26(16)21(30)31-15-17-11-8-7-9-12-17/h7-9,11-12,16,18-19,27H,10,13-15H2,1-6H3,(H,28,29)/t16-,18-,19+,24+/m1/s1. The maximum absolute atomic E-state index is 12.9. The summed E-state index contributed by atoms with van der Waals surface area (Å²) in [5, 5.41) is 21.1. The first-order valence-corrected chi connectivity index (χ1v) is 11.6. The number of ether oxygens (including phenoxy) is 1. The van der Waals surface area contributed by atoms with E-state index in [-0.39, 0.29) is 6.61 Å². The van der Waals surface area contributed by atoms with Gasteiger partial charge in [0.15, 0.2) is 0 Å². The van der Waals surface area contributed by atoms with Gasteiger partial charge in [-0.3, -0.25) is 4.90 Å². The highest BCUT2D eigenvalue weighted by Gasteiger charge is 2.60. The lowest BCUT2D eigenvalue weighted by Crippen LogP contribution is -2.49. The van der Waals surface area contributed by atoms with Gasteiger partial charge in [0.1, 0.15) is 12.6 Å². The van der Waals surface area contributed by atoms with Gasteiger partial charge >= 0.3 is 19.2 Å². The van der Waals surface area contributed by atoms with Gasteiger partial charge in [-0.05, 0) is 52.9 Å². The summed E-state index contributed by atoms with van der Waals surface area (Å²) in [5.41, 5.74) is -1.12. The van der Waals surface area contributed by atoms with E-state index < -0.39 is 54.0 Å². The molecule has 0 aliphatic carbocycles. The van der Waals surface area contributed by atoms with E-state index in [2.05, 4.69) is 0 Å². The number of amides is 1. The van der Waals surface area contributed by atoms with Crippen LogP contribution < -0.4 is 0 Å². The summed E-state index contributed by atoms with van der Waals surface area (Å²) in [6, 6.07) is 7.28. The molecule has 2 heterocycles. The normalized spacial score (nSPS) is 30.5. The van der Waals surface area contributed by atoms with Crippen molar-refractivity contribution in [1.82, 2.24) is 4.90 Å². The fraction of sp³-hybridized carbons (Fsp3) is 0.667. The molecule has 2 aliphatic rings. The van der Waals surface area contributed by atoms with Crippen molar-refractivity contribution < 1.29 is 33.8 Å². The zero-order valence-corrected chi connectivity index (χ0v) is 20.4. The van der Waals surface area contributed by atoms with Gasteiger partial charge in [-0.1, -0.05) is 43.7 Å². The minimum absolute atomic E-state index is 0.0317. The second kappa shape index (κ2) is 9.27. The highest BCUT2D eigenvalue weighted by molar-refractivity contribution is 6.45. The Bertz CT molecular complexity index is 846. The van der Waals surface area contributed by atoms with E-state index in [1.165, 1.54) is 4.90 Å². The molecule has 9 heteroatoms. The molecule has 2 fully saturated rings. The number of aliphatic carboxylic acids is 1. The average molecular weight is 461 g/mol. The van der Waals surface area contributed by atoms with Gasteiger partial charge in [-0.15, -0.1) is 0 Å². The number of rotatable bonds is 7. The lowest BCUT2D eigenvalue weighted by Gasteiger charge is -2.33. The molecule has 2 N–H and O–H groups in total. The molecule has 4 atom stereocenters. The highest BCUT2D eigenvalue weighted by atomic mass is 16.7. The van der Waals surface area contributed by atoms with Crippen molar-refractivity contribution in [1.29, 1.82) is 0 Å². The minimum Gasteiger partial charge on any atom is -0.480 e. The van der Waals surface area contributed by atoms with E-state index in [0.29, 0.717) is 19.2 Å². The zero-order chi connectivity index (χ0) is 24.6. The topological polar surface area (TPSA) is 106 Å². The van der Waals surface area contributed by atoms with Crippen LogP contribution in [0, 0.1) is 5.41 Å². The molecular formula is C24H36BNO7. The van der Waals surface area contributed by atoms with E-state index in [0.717, 1.165) is 5.56 Å². The summed E-state index contributed by atoms with van der Waals surface area (Å²) < 4.78 is 17.5. The van der Waals surface area contributed by atoms with Crippen molar-refractivity contribution in [3.8, 4) is 0 Å². The largest absolute Gasteiger partial charge is 0.480 e. The van der Waals surface area contributed by atoms with Gasteiger partial charge in [0.2, 0.25) is 0 Å². The van der Waals surface area contributed by atoms with Crippen LogP contribution >= 0.6 is 0 Å². The van der Waals surface area contributed by atoms with Crippen molar-refractivity contribution >= 4 is 19.2 Å². The molecular weight excluding hydrogens is 425 g/mol. The Morgan fingerprint density at radius 2 is 1.67 bits per heavy atom. The van der Waals surface area contributed by atoms with Crippen LogP contribution in [0.15, 0.2) is 30.3 Å². The molecule has 1 aromatic rings. The molecule has 1 amide bonds. The SMILES string of the molecule is C[C@@H]1[C@H](O)[C@@](C)(CCCB2OC(C)(C)C(C)(C)O2)[C@@H](C(=O)O)N1C(=O)OCc1ccccc1. The zero-order valence-electron chi connectivity index (χ0n) is 20.4. The number of carbonyl (C=O) groups is 2. The molecule has 33 heavy (non-hydrogen) atoms. The fourth-order valence-electron chi connectivity index (χ4n) is 4.90. The number of nitrogens with zero attached hydrogens (tertiary/aromatic N) is 1. The Morgan fingerprint density at radius 3 is 2.21 bits per heavy atom. The Kier molecular flexibility index (Phi) is 7.17. The van der Waals surface area contributed by atoms with Gasteiger partial charge in [0, 0.05) is 5.41 Å². The molecule has 182 valence electrons. The van der Waals surface area contributed by atoms with Crippen molar-refractivity contribution in [3.05, 3.63) is 35.9 Å². The molecule has 0 radical (unpaired) electrons. The van der Waals surface area contributed by atoms with Gasteiger partial charge < -0.3 is 24.3 Å². The predicted octanol–water partition coefficient (Wildman–Crippen LogP) is 3.72. The van der Waals surface area contributed by atoms with Crippen LogP contribution in [0.25, 0.3) is 0 Å². The second-order valence-electron chi connectivity index (χ2n) is 10.5. The van der Waals surface area contributed by atoms with Gasteiger partial charge in [0.05, 0.1) is 23.3 Å². The van der Waals surface area contributed by atoms with Gasteiger partial charge in [-0.25, -0.2) is 9.59 Å². The number of carboxylic acids is 1. The van der Waals surface area contributed by atoms with Crippen LogP contribution in [0.5, 0.6) is 0 Å². The number of aliphatic hydroxyl groups is 1. The van der Waals surface area contributed by atoms with Crippen LogP contribution in [0.2, 0.25) is 6.32 Å². The van der Waals surface area contributed by atoms with Crippen LogP contribution in [-0.4, -0.2) is 63.7 Å². The minimum atomic E-state index is -1.20. The summed E-state index contributed by atoms with van der Waals surface area (Å²) >= 11 is 0. The Balaban J connectivity index is 1.67. The molecule has 2 aliphatic heterocycles. The third kappa shape index (κ3) is 4.90. The third-order valence-electron chi connectivity index (χ3n) is 7.58. The Hall–Kier alpha value is -2.10. The van der Waals surface area contributed by atoms with Gasteiger partial charge in [0.25, 0.3) is 0 Å². The quantitative estimate of drug-likeness (QED) is 0.597. The third-order valence-corrected chi connectivity index (χ3v) is 7.58. The monoisotopic (exact) mass is 461 g/mol. The summed E-state index contributed by atoms with van der Waals surface area (Å²) in [4.78, 5) is 26.3. The van der Waals surface area contributed by atoms with E-state index in [1.54, 1.807) is 13.8 Å². The predicted molar refractivity (Wildman–Crippen MR) is 124 cm³/mol. The van der Waals surface area contributed by atoms with E-state index in [1.807, 2.05) is 58.0 Å². The smallest absolute Gasteiger partial charge is 0.457 e. The first-order chi connectivity index (χ1) is 15.3. The number of benzene rings is 1. The molecule has 0 bridgehead atoms. The molecule has 0 unspecified atom stereocenters. The Morgan fingerprint density at radius 1 is 1.09 bits per heavy atom. The Labute approximate surface area is 196 Å². The lowest BCUT2D eigenvalue weighted by atomic mass is 9.72. The van der Waals surface area contributed by atoms with Crippen LogP contribution in [0.3, 0.4) is 0 Å². The van der Waals surface area contributed by atoms with Crippen LogP contribution in [0.4, 0.5) is 4.79 Å². The van der Waals surface area contributed by atoms with Crippen molar-refractivity contribution in [2.75, 3.05) is 0 Å². The van der Waals surface area contributed by atoms with Crippen LogP contribution in [-0.2, 0) is 25.4 Å². The molecule has 0 spiro atoms. The summed E-state index contributed by atoms with van der Waals surface area (Å²) in [6.45, 7) is 11.3. The summed E-state index contributed by atoms with van der Waals surface area (Å²) in [6.07, 6.45) is -0.224. The van der Waals surface area contributed by atoms with Gasteiger partial charge in [-0.2, -0.15) is 0 Å². The first-order valence-electron chi connectivity index (χ1n) is 11.6. The van der Waals surface area contributed by atoms with E-state index in [4.69, 9.17) is 14.0 Å². The van der Waals surface area contributed by atoms with Crippen molar-refractivity contribution in [3.63, 3.8) is 0 Å². The molecule has 3 rings (SSSR count). The number of likely N-dealkylation sites (tertiary alicyclic amines) is 1. The molecule has 8 nitrogen and oxygen atoms in total. The number of hydrogen-bond donors (Lipinski definition) is 2. The molecule has 0 saturated carbocycles. The van der Waals surface area contributed by atoms with Crippen molar-refractivity contribution in [2.24, 2.45) is 5.41 Å². The average Bonchev–Trinajstić information content (AvgIpc) is 3.06. The summed E-state index contributed by atoms with van der Waals surface area (Å²) in [7, 11) is -0.398. The second-order valence-corrected chi connectivity index (χ2v) is 10.5. The number of hydrogen-bond acceptors (Lipinski definition) is 6. The first kappa shape index (κ1) is 25.5. The molecule has 0 aromatic heterocycles. The van der Waals surface area contributed by atoms with Crippen LogP contribution in [0.1, 0.15) is 59.9 Å². The lowest BCUT2D eigenvalue weighted by molar-refractivity contribution is -0.146.